The molecule has 0 aliphatic carbocycles. The number of hydrogen-bond donors (Lipinski definition) is 1. The number of aromatic nitrogens is 1. The summed E-state index contributed by atoms with van der Waals surface area (Å²) >= 11 is 1.46. The first kappa shape index (κ1) is 12.0. The molecule has 2 aromatic rings. The first-order valence-corrected chi connectivity index (χ1v) is 6.00. The van der Waals surface area contributed by atoms with Crippen LogP contribution in [0.4, 0.5) is 4.39 Å². The predicted octanol–water partition coefficient (Wildman–Crippen LogP) is 2.65. The van der Waals surface area contributed by atoms with Crippen LogP contribution in [0.25, 0.3) is 0 Å². The Hall–Kier alpha value is -1.46. The fourth-order valence-corrected chi connectivity index (χ4v) is 2.52. The summed E-state index contributed by atoms with van der Waals surface area (Å²) in [6.45, 7) is 1.89. The number of rotatable bonds is 3. The predicted molar refractivity (Wildman–Crippen MR) is 65.8 cm³/mol. The number of ether oxygens (including phenoxy) is 1. The van der Waals surface area contributed by atoms with Crippen molar-refractivity contribution in [3.63, 3.8) is 0 Å². The lowest BCUT2D eigenvalue weighted by Gasteiger charge is -2.15. The van der Waals surface area contributed by atoms with Crippen LogP contribution >= 0.6 is 11.3 Å². The molecule has 2 N–H and O–H groups in total. The van der Waals surface area contributed by atoms with Crippen molar-refractivity contribution >= 4 is 11.3 Å². The number of nitrogens with zero attached hydrogens (tertiary/aromatic N) is 1. The summed E-state index contributed by atoms with van der Waals surface area (Å²) in [4.78, 5) is 5.07. The monoisotopic (exact) mass is 252 g/mol. The number of benzene rings is 1. The van der Waals surface area contributed by atoms with Gasteiger partial charge in [-0.2, -0.15) is 0 Å². The number of aryl methyl sites for hydroxylation is 1. The van der Waals surface area contributed by atoms with Gasteiger partial charge in [0.05, 0.1) is 24.4 Å². The zero-order valence-electron chi connectivity index (χ0n) is 9.61. The highest BCUT2D eigenvalue weighted by Crippen LogP contribution is 2.32. The van der Waals surface area contributed by atoms with E-state index in [-0.39, 0.29) is 5.82 Å². The fraction of sp³-hybridized carbons (Fsp3) is 0.250. The molecular formula is C12H13FN2OS. The van der Waals surface area contributed by atoms with Crippen molar-refractivity contribution in [2.24, 2.45) is 5.73 Å². The lowest BCUT2D eigenvalue weighted by atomic mass is 10.0. The van der Waals surface area contributed by atoms with Crippen LogP contribution in [0.5, 0.6) is 5.75 Å². The summed E-state index contributed by atoms with van der Waals surface area (Å²) < 4.78 is 18.5. The fourth-order valence-electron chi connectivity index (χ4n) is 1.70. The first-order valence-electron chi connectivity index (χ1n) is 5.12. The lowest BCUT2D eigenvalue weighted by Crippen LogP contribution is -2.13. The van der Waals surface area contributed by atoms with Crippen LogP contribution in [0.15, 0.2) is 23.7 Å². The molecule has 90 valence electrons. The van der Waals surface area contributed by atoms with E-state index in [4.69, 9.17) is 10.5 Å². The Morgan fingerprint density at radius 2 is 2.24 bits per heavy atom. The average Bonchev–Trinajstić information content (AvgIpc) is 2.74. The molecule has 1 atom stereocenters. The molecule has 0 saturated carbocycles. The first-order chi connectivity index (χ1) is 8.13. The molecule has 0 aliphatic heterocycles. The van der Waals surface area contributed by atoms with Gasteiger partial charge < -0.3 is 10.5 Å². The highest BCUT2D eigenvalue weighted by molar-refractivity contribution is 7.09. The van der Waals surface area contributed by atoms with E-state index in [9.17, 15) is 4.39 Å². The topological polar surface area (TPSA) is 48.1 Å². The van der Waals surface area contributed by atoms with E-state index < -0.39 is 6.04 Å². The largest absolute Gasteiger partial charge is 0.496 e. The Morgan fingerprint density at radius 1 is 1.47 bits per heavy atom. The molecule has 1 heterocycles. The van der Waals surface area contributed by atoms with E-state index in [2.05, 4.69) is 4.98 Å². The minimum absolute atomic E-state index is 0.321. The van der Waals surface area contributed by atoms with Crippen molar-refractivity contribution in [2.75, 3.05) is 7.11 Å². The molecule has 3 nitrogen and oxygen atoms in total. The molecule has 0 radical (unpaired) electrons. The summed E-state index contributed by atoms with van der Waals surface area (Å²) in [6, 6.07) is 3.94. The van der Waals surface area contributed by atoms with Gasteiger partial charge in [0.15, 0.2) is 0 Å². The van der Waals surface area contributed by atoms with Crippen LogP contribution in [0.3, 0.4) is 0 Å². The van der Waals surface area contributed by atoms with Crippen molar-refractivity contribution in [3.8, 4) is 5.75 Å². The van der Waals surface area contributed by atoms with Crippen molar-refractivity contribution in [2.45, 2.75) is 13.0 Å². The zero-order valence-corrected chi connectivity index (χ0v) is 10.4. The Balaban J connectivity index is 2.46. The molecule has 0 fully saturated rings. The third kappa shape index (κ3) is 2.30. The molecule has 1 unspecified atom stereocenters. The van der Waals surface area contributed by atoms with Gasteiger partial charge in [0.2, 0.25) is 0 Å². The molecule has 0 aliphatic rings. The SMILES string of the molecule is COc1ccc(F)cc1C(N)c1scnc1C. The zero-order chi connectivity index (χ0) is 12.4. The second-order valence-corrected chi connectivity index (χ2v) is 4.55. The average molecular weight is 252 g/mol. The van der Waals surface area contributed by atoms with Crippen LogP contribution in [-0.4, -0.2) is 12.1 Å². The summed E-state index contributed by atoms with van der Waals surface area (Å²) in [5, 5.41) is 0. The van der Waals surface area contributed by atoms with E-state index in [1.165, 1.54) is 23.5 Å². The number of halogens is 1. The van der Waals surface area contributed by atoms with Gasteiger partial charge in [0, 0.05) is 10.4 Å². The van der Waals surface area contributed by atoms with Crippen molar-refractivity contribution in [3.05, 3.63) is 45.7 Å². The summed E-state index contributed by atoms with van der Waals surface area (Å²) in [5.41, 5.74) is 9.37. The van der Waals surface area contributed by atoms with Gasteiger partial charge in [-0.3, -0.25) is 0 Å². The normalized spacial score (nSPS) is 12.5. The third-order valence-electron chi connectivity index (χ3n) is 2.59. The Kier molecular flexibility index (Phi) is 3.40. The number of hydrogen-bond acceptors (Lipinski definition) is 4. The van der Waals surface area contributed by atoms with Crippen LogP contribution in [-0.2, 0) is 0 Å². The maximum absolute atomic E-state index is 13.3. The molecule has 0 spiro atoms. The number of nitrogens with two attached hydrogens (primary N) is 1. The van der Waals surface area contributed by atoms with Gasteiger partial charge in [-0.15, -0.1) is 11.3 Å². The van der Waals surface area contributed by atoms with Crippen molar-refractivity contribution in [1.29, 1.82) is 0 Å². The van der Waals surface area contributed by atoms with Crippen molar-refractivity contribution in [1.82, 2.24) is 4.98 Å². The van der Waals surface area contributed by atoms with Gasteiger partial charge in [-0.25, -0.2) is 9.37 Å². The molecular weight excluding hydrogens is 239 g/mol. The van der Waals surface area contributed by atoms with E-state index in [0.29, 0.717) is 11.3 Å². The van der Waals surface area contributed by atoms with E-state index in [1.54, 1.807) is 18.7 Å². The molecule has 1 aromatic heterocycles. The summed E-state index contributed by atoms with van der Waals surface area (Å²) in [6.07, 6.45) is 0. The molecule has 17 heavy (non-hydrogen) atoms. The number of methoxy groups -OCH3 is 1. The van der Waals surface area contributed by atoms with Gasteiger partial charge in [0.1, 0.15) is 11.6 Å². The standard InChI is InChI=1S/C12H13FN2OS/c1-7-12(17-6-15-7)11(14)9-5-8(13)3-4-10(9)16-2/h3-6,11H,14H2,1-2H3. The highest BCUT2D eigenvalue weighted by Gasteiger charge is 2.18. The van der Waals surface area contributed by atoms with Gasteiger partial charge in [0.25, 0.3) is 0 Å². The van der Waals surface area contributed by atoms with E-state index in [0.717, 1.165) is 10.6 Å². The van der Waals surface area contributed by atoms with Crippen LogP contribution in [0.1, 0.15) is 22.2 Å². The second kappa shape index (κ2) is 4.81. The maximum atomic E-state index is 13.3. The van der Waals surface area contributed by atoms with Gasteiger partial charge >= 0.3 is 0 Å². The van der Waals surface area contributed by atoms with Crippen LogP contribution in [0.2, 0.25) is 0 Å². The molecule has 0 saturated heterocycles. The molecule has 0 bridgehead atoms. The molecule has 1 aromatic carbocycles. The minimum Gasteiger partial charge on any atom is -0.496 e. The van der Waals surface area contributed by atoms with Crippen LogP contribution < -0.4 is 10.5 Å². The van der Waals surface area contributed by atoms with Gasteiger partial charge in [-0.1, -0.05) is 0 Å². The lowest BCUT2D eigenvalue weighted by molar-refractivity contribution is 0.406. The molecule has 5 heteroatoms. The Bertz CT molecular complexity index is 527. The van der Waals surface area contributed by atoms with Gasteiger partial charge in [-0.05, 0) is 25.1 Å². The third-order valence-corrected chi connectivity index (χ3v) is 3.61. The number of thiazole rings is 1. The minimum atomic E-state index is -0.409. The highest BCUT2D eigenvalue weighted by atomic mass is 32.1. The Labute approximate surface area is 103 Å². The molecule has 2 rings (SSSR count). The molecule has 0 amide bonds. The quantitative estimate of drug-likeness (QED) is 0.913. The summed E-state index contributed by atoms with van der Waals surface area (Å²) in [5.74, 6) is 0.269. The Morgan fingerprint density at radius 3 is 2.82 bits per heavy atom. The second-order valence-electron chi connectivity index (χ2n) is 3.67. The smallest absolute Gasteiger partial charge is 0.124 e. The maximum Gasteiger partial charge on any atom is 0.124 e. The van der Waals surface area contributed by atoms with E-state index >= 15 is 0 Å². The summed E-state index contributed by atoms with van der Waals surface area (Å²) in [7, 11) is 1.54. The van der Waals surface area contributed by atoms with Crippen molar-refractivity contribution < 1.29 is 9.13 Å². The van der Waals surface area contributed by atoms with Crippen LogP contribution in [0, 0.1) is 12.7 Å². The van der Waals surface area contributed by atoms with E-state index in [1.807, 2.05) is 6.92 Å².